The Bertz CT molecular complexity index is 961. The SMILES string of the molecule is CCn1cc(S)n(C(C)(C)CCCSCCCSCCCC(C)(C)n2c(S)cn(CC)c2=S)c1=S. The van der Waals surface area contributed by atoms with Crippen molar-refractivity contribution in [3.8, 4) is 0 Å². The number of thioether (sulfide) groups is 2. The van der Waals surface area contributed by atoms with Gasteiger partial charge in [-0.05, 0) is 121 Å². The zero-order valence-corrected chi connectivity index (χ0v) is 27.3. The summed E-state index contributed by atoms with van der Waals surface area (Å²) < 4.78 is 10.4. The van der Waals surface area contributed by atoms with Gasteiger partial charge >= 0.3 is 0 Å². The highest BCUT2D eigenvalue weighted by atomic mass is 32.2. The van der Waals surface area contributed by atoms with Gasteiger partial charge in [0.05, 0.1) is 10.1 Å². The van der Waals surface area contributed by atoms with E-state index in [9.17, 15) is 0 Å². The molecule has 0 amide bonds. The van der Waals surface area contributed by atoms with Gasteiger partial charge in [0.15, 0.2) is 9.54 Å². The van der Waals surface area contributed by atoms with E-state index >= 15 is 0 Å². The van der Waals surface area contributed by atoms with Crippen molar-refractivity contribution in [1.82, 2.24) is 18.3 Å². The Morgan fingerprint density at radius 2 is 1.03 bits per heavy atom. The average molecular weight is 593 g/mol. The molecule has 35 heavy (non-hydrogen) atoms. The van der Waals surface area contributed by atoms with E-state index in [2.05, 4.69) is 121 Å². The minimum absolute atomic E-state index is 0.00404. The monoisotopic (exact) mass is 592 g/mol. The normalized spacial score (nSPS) is 12.6. The molecule has 0 aromatic carbocycles. The molecule has 0 saturated heterocycles. The largest absolute Gasteiger partial charge is 0.323 e. The highest BCUT2D eigenvalue weighted by Gasteiger charge is 2.24. The van der Waals surface area contributed by atoms with Crippen molar-refractivity contribution in [1.29, 1.82) is 0 Å². The highest BCUT2D eigenvalue weighted by Crippen LogP contribution is 2.29. The molecule has 0 radical (unpaired) electrons. The molecule has 0 saturated carbocycles. The maximum Gasteiger partial charge on any atom is 0.181 e. The minimum atomic E-state index is -0.00404. The fourth-order valence-corrected chi connectivity index (χ4v) is 8.64. The molecular weight excluding hydrogens is 549 g/mol. The molecule has 2 rings (SSSR count). The Morgan fingerprint density at radius 3 is 1.34 bits per heavy atom. The third-order valence-corrected chi connectivity index (χ3v) is 10.3. The molecule has 2 aromatic heterocycles. The first-order valence-electron chi connectivity index (χ1n) is 12.6. The van der Waals surface area contributed by atoms with Crippen molar-refractivity contribution < 1.29 is 0 Å². The van der Waals surface area contributed by atoms with E-state index < -0.39 is 0 Å². The molecule has 0 aliphatic heterocycles. The van der Waals surface area contributed by atoms with Crippen LogP contribution in [0.1, 0.15) is 73.6 Å². The second kappa shape index (κ2) is 14.4. The number of nitrogens with zero attached hydrogens (tertiary/aromatic N) is 4. The summed E-state index contributed by atoms with van der Waals surface area (Å²) in [6.07, 6.45) is 9.99. The molecule has 200 valence electrons. The predicted octanol–water partition coefficient (Wildman–Crippen LogP) is 8.56. The van der Waals surface area contributed by atoms with Crippen LogP contribution >= 0.6 is 73.2 Å². The van der Waals surface area contributed by atoms with Gasteiger partial charge in [0.25, 0.3) is 0 Å². The average Bonchev–Trinajstić information content (AvgIpc) is 3.25. The molecule has 0 aliphatic carbocycles. The first-order chi connectivity index (χ1) is 16.5. The fraction of sp³-hybridized carbons (Fsp3) is 0.760. The van der Waals surface area contributed by atoms with Crippen LogP contribution in [-0.2, 0) is 24.2 Å². The number of hydrogen-bond donors (Lipinski definition) is 2. The molecule has 0 bridgehead atoms. The lowest BCUT2D eigenvalue weighted by molar-refractivity contribution is 0.300. The summed E-state index contributed by atoms with van der Waals surface area (Å²) in [6, 6.07) is 0. The van der Waals surface area contributed by atoms with Crippen LogP contribution in [0.2, 0.25) is 0 Å². The van der Waals surface area contributed by atoms with Gasteiger partial charge in [-0.3, -0.25) is 0 Å². The third kappa shape index (κ3) is 8.63. The molecule has 10 heteroatoms. The lowest BCUT2D eigenvalue weighted by atomic mass is 9.99. The van der Waals surface area contributed by atoms with E-state index in [1.807, 2.05) is 0 Å². The van der Waals surface area contributed by atoms with Crippen LogP contribution in [-0.4, -0.2) is 41.3 Å². The summed E-state index contributed by atoms with van der Waals surface area (Å²) in [6.45, 7) is 15.1. The molecule has 4 nitrogen and oxygen atoms in total. The number of rotatable bonds is 16. The van der Waals surface area contributed by atoms with Crippen LogP contribution in [0.5, 0.6) is 0 Å². The highest BCUT2D eigenvalue weighted by molar-refractivity contribution is 8.00. The second-order valence-electron chi connectivity index (χ2n) is 10.2. The molecule has 0 aliphatic rings. The van der Waals surface area contributed by atoms with Gasteiger partial charge in [-0.2, -0.15) is 23.5 Å². The zero-order chi connectivity index (χ0) is 26.2. The molecule has 0 atom stereocenters. The molecule has 0 fully saturated rings. The van der Waals surface area contributed by atoms with Gasteiger partial charge in [0.2, 0.25) is 0 Å². The Kier molecular flexibility index (Phi) is 13.0. The lowest BCUT2D eigenvalue weighted by Crippen LogP contribution is -2.27. The van der Waals surface area contributed by atoms with E-state index in [0.717, 1.165) is 45.5 Å². The summed E-state index contributed by atoms with van der Waals surface area (Å²) in [7, 11) is 0. The molecule has 0 spiro atoms. The molecule has 0 N–H and O–H groups in total. The standard InChI is InChI=1S/C25H44N4S6/c1-7-26-18-20(30)28(22(26)32)24(3,4)12-9-14-34-16-11-17-35-15-10-13-25(5,6)29-21(31)19-27(8-2)23(29)33/h18-19,30-31H,7-17H2,1-6H3. The molecule has 2 aromatic rings. The molecular formula is C25H44N4S6. The quantitative estimate of drug-likeness (QED) is 0.116. The van der Waals surface area contributed by atoms with Crippen molar-refractivity contribution in [2.75, 3.05) is 23.0 Å². The number of hydrogen-bond acceptors (Lipinski definition) is 6. The van der Waals surface area contributed by atoms with Crippen LogP contribution < -0.4 is 0 Å². The van der Waals surface area contributed by atoms with Gasteiger partial charge in [-0.25, -0.2) is 0 Å². The maximum absolute atomic E-state index is 5.66. The van der Waals surface area contributed by atoms with Gasteiger partial charge in [0, 0.05) is 36.6 Å². The number of imidazole rings is 2. The van der Waals surface area contributed by atoms with Crippen molar-refractivity contribution in [2.24, 2.45) is 0 Å². The summed E-state index contributed by atoms with van der Waals surface area (Å²) >= 11 is 24.8. The van der Waals surface area contributed by atoms with Crippen LogP contribution in [0.4, 0.5) is 0 Å². The first kappa shape index (κ1) is 31.5. The summed E-state index contributed by atoms with van der Waals surface area (Å²) in [5.74, 6) is 4.89. The third-order valence-electron chi connectivity index (χ3n) is 6.50. The van der Waals surface area contributed by atoms with Crippen molar-refractivity contribution in [2.45, 2.75) is 108 Å². The van der Waals surface area contributed by atoms with E-state index in [0.29, 0.717) is 0 Å². The first-order valence-corrected chi connectivity index (χ1v) is 16.7. The molecule has 0 unspecified atom stereocenters. The van der Waals surface area contributed by atoms with Gasteiger partial charge in [-0.15, -0.1) is 25.3 Å². The van der Waals surface area contributed by atoms with Gasteiger partial charge in [0.1, 0.15) is 0 Å². The van der Waals surface area contributed by atoms with E-state index in [-0.39, 0.29) is 11.1 Å². The number of aryl methyl sites for hydroxylation is 2. The van der Waals surface area contributed by atoms with Crippen molar-refractivity contribution in [3.05, 3.63) is 21.9 Å². The lowest BCUT2D eigenvalue weighted by Gasteiger charge is -2.28. The number of aromatic nitrogens is 4. The van der Waals surface area contributed by atoms with Crippen LogP contribution in [0.25, 0.3) is 0 Å². The Hall–Kier alpha value is 0.260. The van der Waals surface area contributed by atoms with Gasteiger partial charge in [-0.1, -0.05) is 0 Å². The summed E-state index contributed by atoms with van der Waals surface area (Å²) in [5.41, 5.74) is -0.00808. The van der Waals surface area contributed by atoms with E-state index in [1.54, 1.807) is 0 Å². The Labute approximate surface area is 242 Å². The second-order valence-corrected chi connectivity index (χ2v) is 14.3. The topological polar surface area (TPSA) is 19.7 Å². The van der Waals surface area contributed by atoms with Crippen molar-refractivity contribution >= 4 is 73.2 Å². The fourth-order valence-electron chi connectivity index (χ4n) is 4.45. The number of thiol groups is 2. The smallest absolute Gasteiger partial charge is 0.181 e. The van der Waals surface area contributed by atoms with Gasteiger partial charge < -0.3 is 18.3 Å². The van der Waals surface area contributed by atoms with Crippen molar-refractivity contribution in [3.63, 3.8) is 0 Å². The van der Waals surface area contributed by atoms with Crippen LogP contribution in [0, 0.1) is 9.54 Å². The Morgan fingerprint density at radius 1 is 0.686 bits per heavy atom. The Balaban J connectivity index is 1.59. The van der Waals surface area contributed by atoms with E-state index in [4.69, 9.17) is 24.4 Å². The molecule has 2 heterocycles. The predicted molar refractivity (Wildman–Crippen MR) is 169 cm³/mol. The minimum Gasteiger partial charge on any atom is -0.323 e. The van der Waals surface area contributed by atoms with E-state index in [1.165, 1.54) is 42.3 Å². The van der Waals surface area contributed by atoms with Crippen LogP contribution in [0.3, 0.4) is 0 Å². The summed E-state index contributed by atoms with van der Waals surface area (Å²) in [5, 5.41) is 1.92. The maximum atomic E-state index is 5.66. The summed E-state index contributed by atoms with van der Waals surface area (Å²) in [4.78, 5) is 0. The zero-order valence-electron chi connectivity index (χ0n) is 22.2. The van der Waals surface area contributed by atoms with Crippen LogP contribution in [0.15, 0.2) is 22.4 Å².